The van der Waals surface area contributed by atoms with Gasteiger partial charge in [0.2, 0.25) is 0 Å². The minimum atomic E-state index is -0.228. The fourth-order valence-corrected chi connectivity index (χ4v) is 1.90. The van der Waals surface area contributed by atoms with Crippen LogP contribution in [-0.2, 0) is 0 Å². The molecule has 21 heavy (non-hydrogen) atoms. The molecule has 110 valence electrons. The topological polar surface area (TPSA) is 72.5 Å². The molecule has 6 heteroatoms. The van der Waals surface area contributed by atoms with Crippen LogP contribution < -0.4 is 20.1 Å². The lowest BCUT2D eigenvalue weighted by molar-refractivity contribution is 0.102. The van der Waals surface area contributed by atoms with Gasteiger partial charge in [-0.05, 0) is 18.2 Å². The standard InChI is InChI=1S/C15H17N3O3/c1-16-12-9-17-7-6-11(12)15(19)18-10-4-5-13(20-2)14(8-10)21-3/h4-9,16H,1-3H3,(H,18,19). The van der Waals surface area contributed by atoms with Crippen molar-refractivity contribution in [2.75, 3.05) is 31.9 Å². The maximum Gasteiger partial charge on any atom is 0.257 e. The van der Waals surface area contributed by atoms with Crippen LogP contribution in [0, 0.1) is 0 Å². The van der Waals surface area contributed by atoms with E-state index in [0.29, 0.717) is 28.4 Å². The number of carbonyl (C=O) groups is 1. The number of nitrogens with zero attached hydrogens (tertiary/aromatic N) is 1. The number of benzene rings is 1. The molecule has 0 aliphatic carbocycles. The molecule has 0 spiro atoms. The zero-order valence-corrected chi connectivity index (χ0v) is 12.1. The average Bonchev–Trinajstić information content (AvgIpc) is 2.54. The van der Waals surface area contributed by atoms with Crippen LogP contribution in [0.25, 0.3) is 0 Å². The number of hydrogen-bond donors (Lipinski definition) is 2. The largest absolute Gasteiger partial charge is 0.493 e. The summed E-state index contributed by atoms with van der Waals surface area (Å²) in [5, 5.41) is 5.75. The lowest BCUT2D eigenvalue weighted by Crippen LogP contribution is -2.14. The van der Waals surface area contributed by atoms with Gasteiger partial charge in [-0.25, -0.2) is 0 Å². The number of rotatable bonds is 5. The molecule has 1 aromatic heterocycles. The van der Waals surface area contributed by atoms with Gasteiger partial charge in [0, 0.05) is 25.0 Å². The molecule has 0 aliphatic rings. The summed E-state index contributed by atoms with van der Waals surface area (Å²) in [4.78, 5) is 16.3. The van der Waals surface area contributed by atoms with Gasteiger partial charge < -0.3 is 20.1 Å². The van der Waals surface area contributed by atoms with Crippen LogP contribution in [0.3, 0.4) is 0 Å². The molecule has 0 saturated heterocycles. The van der Waals surface area contributed by atoms with E-state index in [1.54, 1.807) is 57.9 Å². The Morgan fingerprint density at radius 3 is 2.57 bits per heavy atom. The normalized spacial score (nSPS) is 9.86. The highest BCUT2D eigenvalue weighted by atomic mass is 16.5. The molecule has 2 N–H and O–H groups in total. The number of nitrogens with one attached hydrogen (secondary N) is 2. The lowest BCUT2D eigenvalue weighted by atomic mass is 10.2. The molecule has 0 saturated carbocycles. The van der Waals surface area contributed by atoms with Gasteiger partial charge in [-0.1, -0.05) is 0 Å². The van der Waals surface area contributed by atoms with Crippen LogP contribution >= 0.6 is 0 Å². The Labute approximate surface area is 123 Å². The second-order valence-corrected chi connectivity index (χ2v) is 4.20. The number of ether oxygens (including phenoxy) is 2. The molecule has 0 radical (unpaired) electrons. The number of anilines is 2. The fraction of sp³-hybridized carbons (Fsp3) is 0.200. The number of pyridine rings is 1. The van der Waals surface area contributed by atoms with E-state index in [9.17, 15) is 4.79 Å². The summed E-state index contributed by atoms with van der Waals surface area (Å²) in [6.07, 6.45) is 3.17. The number of methoxy groups -OCH3 is 2. The Hall–Kier alpha value is -2.76. The Kier molecular flexibility index (Phi) is 4.61. The predicted molar refractivity (Wildman–Crippen MR) is 81.3 cm³/mol. The zero-order valence-electron chi connectivity index (χ0n) is 12.1. The van der Waals surface area contributed by atoms with Crippen LogP contribution in [-0.4, -0.2) is 32.2 Å². The van der Waals surface area contributed by atoms with Crippen molar-refractivity contribution in [1.82, 2.24) is 4.98 Å². The summed E-state index contributed by atoms with van der Waals surface area (Å²) >= 11 is 0. The third-order valence-electron chi connectivity index (χ3n) is 2.98. The van der Waals surface area contributed by atoms with Crippen molar-refractivity contribution in [3.05, 3.63) is 42.2 Å². The van der Waals surface area contributed by atoms with E-state index >= 15 is 0 Å². The summed E-state index contributed by atoms with van der Waals surface area (Å²) in [5.74, 6) is 0.933. The molecule has 1 amide bonds. The van der Waals surface area contributed by atoms with E-state index in [2.05, 4.69) is 15.6 Å². The van der Waals surface area contributed by atoms with Crippen molar-refractivity contribution in [3.63, 3.8) is 0 Å². The summed E-state index contributed by atoms with van der Waals surface area (Å²) in [7, 11) is 4.85. The van der Waals surface area contributed by atoms with Gasteiger partial charge in [0.1, 0.15) is 0 Å². The molecule has 1 aromatic carbocycles. The van der Waals surface area contributed by atoms with E-state index in [-0.39, 0.29) is 5.91 Å². The predicted octanol–water partition coefficient (Wildman–Crippen LogP) is 2.39. The molecule has 0 aliphatic heterocycles. The second kappa shape index (κ2) is 6.60. The maximum absolute atomic E-state index is 12.3. The number of hydrogen-bond acceptors (Lipinski definition) is 5. The highest BCUT2D eigenvalue weighted by molar-refractivity contribution is 6.07. The minimum Gasteiger partial charge on any atom is -0.493 e. The summed E-state index contributed by atoms with van der Waals surface area (Å²) in [6, 6.07) is 6.85. The van der Waals surface area contributed by atoms with Gasteiger partial charge in [0.15, 0.2) is 11.5 Å². The molecule has 0 bridgehead atoms. The van der Waals surface area contributed by atoms with E-state index in [1.807, 2.05) is 0 Å². The number of amides is 1. The molecule has 0 unspecified atom stereocenters. The molecule has 1 heterocycles. The van der Waals surface area contributed by atoms with Crippen LogP contribution in [0.2, 0.25) is 0 Å². The molecule has 0 fully saturated rings. The van der Waals surface area contributed by atoms with Crippen molar-refractivity contribution in [2.45, 2.75) is 0 Å². The van der Waals surface area contributed by atoms with Gasteiger partial charge in [-0.3, -0.25) is 9.78 Å². The Bertz CT molecular complexity index is 644. The molecule has 2 rings (SSSR count). The van der Waals surface area contributed by atoms with Crippen molar-refractivity contribution < 1.29 is 14.3 Å². The Morgan fingerprint density at radius 1 is 1.14 bits per heavy atom. The average molecular weight is 287 g/mol. The van der Waals surface area contributed by atoms with E-state index < -0.39 is 0 Å². The van der Waals surface area contributed by atoms with E-state index in [1.165, 1.54) is 0 Å². The first-order chi connectivity index (χ1) is 10.2. The second-order valence-electron chi connectivity index (χ2n) is 4.20. The van der Waals surface area contributed by atoms with Crippen molar-refractivity contribution >= 4 is 17.3 Å². The Balaban J connectivity index is 2.23. The third-order valence-corrected chi connectivity index (χ3v) is 2.98. The summed E-state index contributed by atoms with van der Waals surface area (Å²) < 4.78 is 10.4. The van der Waals surface area contributed by atoms with Crippen LogP contribution in [0.5, 0.6) is 11.5 Å². The van der Waals surface area contributed by atoms with Crippen molar-refractivity contribution in [1.29, 1.82) is 0 Å². The summed E-state index contributed by atoms with van der Waals surface area (Å²) in [6.45, 7) is 0. The molecule has 2 aromatic rings. The first kappa shape index (κ1) is 14.6. The van der Waals surface area contributed by atoms with Gasteiger partial charge >= 0.3 is 0 Å². The third kappa shape index (κ3) is 3.22. The van der Waals surface area contributed by atoms with Gasteiger partial charge in [0.05, 0.1) is 31.7 Å². The minimum absolute atomic E-state index is 0.228. The molecule has 6 nitrogen and oxygen atoms in total. The monoisotopic (exact) mass is 287 g/mol. The van der Waals surface area contributed by atoms with Crippen LogP contribution in [0.4, 0.5) is 11.4 Å². The smallest absolute Gasteiger partial charge is 0.257 e. The Morgan fingerprint density at radius 2 is 1.90 bits per heavy atom. The quantitative estimate of drug-likeness (QED) is 0.883. The van der Waals surface area contributed by atoms with Gasteiger partial charge in [0.25, 0.3) is 5.91 Å². The van der Waals surface area contributed by atoms with Crippen LogP contribution in [0.15, 0.2) is 36.7 Å². The fourth-order valence-electron chi connectivity index (χ4n) is 1.90. The SMILES string of the molecule is CNc1cnccc1C(=O)Nc1ccc(OC)c(OC)c1. The first-order valence-electron chi connectivity index (χ1n) is 6.34. The van der Waals surface area contributed by atoms with Crippen molar-refractivity contribution in [2.24, 2.45) is 0 Å². The summed E-state index contributed by atoms with van der Waals surface area (Å²) in [5.41, 5.74) is 1.80. The number of aromatic nitrogens is 1. The zero-order chi connectivity index (χ0) is 15.2. The molecular weight excluding hydrogens is 270 g/mol. The van der Waals surface area contributed by atoms with Gasteiger partial charge in [-0.15, -0.1) is 0 Å². The van der Waals surface area contributed by atoms with E-state index in [0.717, 1.165) is 0 Å². The van der Waals surface area contributed by atoms with E-state index in [4.69, 9.17) is 9.47 Å². The van der Waals surface area contributed by atoms with Crippen molar-refractivity contribution in [3.8, 4) is 11.5 Å². The van der Waals surface area contributed by atoms with Crippen LogP contribution in [0.1, 0.15) is 10.4 Å². The molecule has 0 atom stereocenters. The first-order valence-corrected chi connectivity index (χ1v) is 6.34. The van der Waals surface area contributed by atoms with Gasteiger partial charge in [-0.2, -0.15) is 0 Å². The number of carbonyl (C=O) groups excluding carboxylic acids is 1. The lowest BCUT2D eigenvalue weighted by Gasteiger charge is -2.12. The highest BCUT2D eigenvalue weighted by Gasteiger charge is 2.12. The molecular formula is C15H17N3O3. The highest BCUT2D eigenvalue weighted by Crippen LogP contribution is 2.30. The maximum atomic E-state index is 12.3.